The van der Waals surface area contributed by atoms with Crippen molar-refractivity contribution in [2.24, 2.45) is 11.8 Å². The van der Waals surface area contributed by atoms with Crippen LogP contribution in [0.5, 0.6) is 0 Å². The van der Waals surface area contributed by atoms with E-state index >= 15 is 0 Å². The number of pyridine rings is 1. The van der Waals surface area contributed by atoms with E-state index in [4.69, 9.17) is 5.84 Å². The minimum Gasteiger partial charge on any atom is -0.352 e. The number of aromatic nitrogens is 1. The maximum Gasteiger partial charge on any atom is 0.251 e. The number of nitrogens with zero attached hydrogens (tertiary/aromatic N) is 1. The molecule has 0 radical (unpaired) electrons. The number of rotatable bonds is 5. The van der Waals surface area contributed by atoms with Gasteiger partial charge in [-0.25, -0.2) is 10.8 Å². The molecule has 1 saturated carbocycles. The summed E-state index contributed by atoms with van der Waals surface area (Å²) in [6.07, 6.45) is 9.33. The highest BCUT2D eigenvalue weighted by Gasteiger charge is 2.13. The molecule has 2 rings (SSSR count). The van der Waals surface area contributed by atoms with E-state index in [1.165, 1.54) is 32.1 Å². The molecule has 5 nitrogen and oxygen atoms in total. The second kappa shape index (κ2) is 7.09. The summed E-state index contributed by atoms with van der Waals surface area (Å²) in [5.74, 6) is 6.50. The van der Waals surface area contributed by atoms with Gasteiger partial charge in [-0.3, -0.25) is 4.79 Å². The number of hydrazine groups is 1. The van der Waals surface area contributed by atoms with Gasteiger partial charge in [0.25, 0.3) is 5.91 Å². The number of carbonyl (C=O) groups is 1. The Labute approximate surface area is 114 Å². The van der Waals surface area contributed by atoms with Crippen LogP contribution in [0.15, 0.2) is 18.3 Å². The minimum absolute atomic E-state index is 0.0605. The quantitative estimate of drug-likeness (QED) is 0.560. The Hall–Kier alpha value is -1.62. The Morgan fingerprint density at radius 1 is 1.37 bits per heavy atom. The van der Waals surface area contributed by atoms with E-state index in [0.717, 1.165) is 18.9 Å². The molecule has 1 fully saturated rings. The maximum atomic E-state index is 11.9. The molecular weight excluding hydrogens is 240 g/mol. The lowest BCUT2D eigenvalue weighted by Crippen LogP contribution is -2.26. The monoisotopic (exact) mass is 262 g/mol. The van der Waals surface area contributed by atoms with Crippen LogP contribution in [0.2, 0.25) is 0 Å². The van der Waals surface area contributed by atoms with E-state index in [-0.39, 0.29) is 5.91 Å². The van der Waals surface area contributed by atoms with Gasteiger partial charge in [0.1, 0.15) is 5.82 Å². The van der Waals surface area contributed by atoms with Crippen molar-refractivity contribution in [1.82, 2.24) is 10.3 Å². The Morgan fingerprint density at radius 2 is 2.16 bits per heavy atom. The van der Waals surface area contributed by atoms with Crippen LogP contribution in [0, 0.1) is 5.92 Å². The second-order valence-corrected chi connectivity index (χ2v) is 5.12. The topological polar surface area (TPSA) is 80.0 Å². The predicted molar refractivity (Wildman–Crippen MR) is 75.6 cm³/mol. The van der Waals surface area contributed by atoms with Crippen molar-refractivity contribution in [1.29, 1.82) is 0 Å². The van der Waals surface area contributed by atoms with Gasteiger partial charge in [0, 0.05) is 18.3 Å². The van der Waals surface area contributed by atoms with E-state index in [1.54, 1.807) is 18.3 Å². The van der Waals surface area contributed by atoms with Crippen molar-refractivity contribution in [3.05, 3.63) is 23.9 Å². The predicted octanol–water partition coefficient (Wildman–Crippen LogP) is 2.07. The van der Waals surface area contributed by atoms with Crippen LogP contribution in [0.3, 0.4) is 0 Å². The van der Waals surface area contributed by atoms with Crippen molar-refractivity contribution in [3.8, 4) is 0 Å². The molecule has 1 aliphatic carbocycles. The van der Waals surface area contributed by atoms with Crippen molar-refractivity contribution in [3.63, 3.8) is 0 Å². The van der Waals surface area contributed by atoms with Crippen molar-refractivity contribution in [2.75, 3.05) is 12.0 Å². The fraction of sp³-hybridized carbons (Fsp3) is 0.571. The van der Waals surface area contributed by atoms with Gasteiger partial charge in [-0.2, -0.15) is 0 Å². The zero-order valence-electron chi connectivity index (χ0n) is 11.2. The number of amides is 1. The Bertz CT molecular complexity index is 416. The number of carbonyl (C=O) groups excluding carboxylic acids is 1. The molecule has 0 unspecified atom stereocenters. The maximum absolute atomic E-state index is 11.9. The van der Waals surface area contributed by atoms with Gasteiger partial charge in [-0.05, 0) is 24.5 Å². The van der Waals surface area contributed by atoms with Crippen LogP contribution in [0.4, 0.5) is 5.82 Å². The lowest BCUT2D eigenvalue weighted by Gasteiger charge is -2.21. The van der Waals surface area contributed by atoms with E-state index < -0.39 is 0 Å². The first-order chi connectivity index (χ1) is 9.29. The highest BCUT2D eigenvalue weighted by Crippen LogP contribution is 2.25. The molecule has 1 heterocycles. The third-order valence-corrected chi connectivity index (χ3v) is 3.73. The summed E-state index contributed by atoms with van der Waals surface area (Å²) in [5, 5.41) is 2.96. The summed E-state index contributed by atoms with van der Waals surface area (Å²) >= 11 is 0. The van der Waals surface area contributed by atoms with Crippen molar-refractivity contribution < 1.29 is 4.79 Å². The number of hydrogen-bond acceptors (Lipinski definition) is 4. The third kappa shape index (κ3) is 4.21. The van der Waals surface area contributed by atoms with Gasteiger partial charge in [0.2, 0.25) is 0 Å². The molecule has 0 aromatic carbocycles. The van der Waals surface area contributed by atoms with Crippen LogP contribution in [-0.4, -0.2) is 17.4 Å². The van der Waals surface area contributed by atoms with Crippen LogP contribution in [0.1, 0.15) is 48.9 Å². The second-order valence-electron chi connectivity index (χ2n) is 5.12. The number of nitrogens with one attached hydrogen (secondary N) is 2. The summed E-state index contributed by atoms with van der Waals surface area (Å²) in [6.45, 7) is 0.747. The molecule has 0 bridgehead atoms. The van der Waals surface area contributed by atoms with Crippen molar-refractivity contribution >= 4 is 11.7 Å². The van der Waals surface area contributed by atoms with Gasteiger partial charge in [0.05, 0.1) is 0 Å². The first-order valence-corrected chi connectivity index (χ1v) is 7.00. The van der Waals surface area contributed by atoms with Gasteiger partial charge >= 0.3 is 0 Å². The average molecular weight is 262 g/mol. The standard InChI is InChI=1S/C14H22N4O/c15-18-13-10-12(7-9-16-13)14(19)17-8-6-11-4-2-1-3-5-11/h7,9-11H,1-6,8,15H2,(H,16,18)(H,17,19). The first kappa shape index (κ1) is 13.8. The SMILES string of the molecule is NNc1cc(C(=O)NCCC2CCCCC2)ccn1. The van der Waals surface area contributed by atoms with Crippen LogP contribution < -0.4 is 16.6 Å². The van der Waals surface area contributed by atoms with E-state index in [0.29, 0.717) is 11.4 Å². The molecule has 4 N–H and O–H groups in total. The van der Waals surface area contributed by atoms with Crippen LogP contribution in [-0.2, 0) is 0 Å². The van der Waals surface area contributed by atoms with Crippen LogP contribution in [0.25, 0.3) is 0 Å². The molecule has 1 amide bonds. The molecule has 0 saturated heterocycles. The van der Waals surface area contributed by atoms with Crippen molar-refractivity contribution in [2.45, 2.75) is 38.5 Å². The zero-order chi connectivity index (χ0) is 13.5. The highest BCUT2D eigenvalue weighted by atomic mass is 16.1. The number of nitrogen functional groups attached to an aromatic ring is 1. The summed E-state index contributed by atoms with van der Waals surface area (Å²) < 4.78 is 0. The number of nitrogens with two attached hydrogens (primary N) is 1. The lowest BCUT2D eigenvalue weighted by atomic mass is 9.87. The van der Waals surface area contributed by atoms with E-state index in [2.05, 4.69) is 15.7 Å². The molecule has 1 aliphatic rings. The molecule has 1 aromatic heterocycles. The first-order valence-electron chi connectivity index (χ1n) is 7.00. The summed E-state index contributed by atoms with van der Waals surface area (Å²) in [6, 6.07) is 3.34. The minimum atomic E-state index is -0.0605. The highest BCUT2D eigenvalue weighted by molar-refractivity contribution is 5.94. The molecule has 1 aromatic rings. The molecule has 0 aliphatic heterocycles. The smallest absolute Gasteiger partial charge is 0.251 e. The fourth-order valence-electron chi connectivity index (χ4n) is 2.62. The van der Waals surface area contributed by atoms with Gasteiger partial charge < -0.3 is 10.7 Å². The third-order valence-electron chi connectivity index (χ3n) is 3.73. The molecule has 0 atom stereocenters. The molecule has 19 heavy (non-hydrogen) atoms. The van der Waals surface area contributed by atoms with E-state index in [9.17, 15) is 4.79 Å². The Morgan fingerprint density at radius 3 is 2.89 bits per heavy atom. The molecule has 104 valence electrons. The Balaban J connectivity index is 1.77. The van der Waals surface area contributed by atoms with Gasteiger partial charge in [-0.15, -0.1) is 0 Å². The van der Waals surface area contributed by atoms with Gasteiger partial charge in [0.15, 0.2) is 0 Å². The molecular formula is C14H22N4O. The largest absolute Gasteiger partial charge is 0.352 e. The average Bonchev–Trinajstić information content (AvgIpc) is 2.48. The fourth-order valence-corrected chi connectivity index (χ4v) is 2.62. The summed E-state index contributed by atoms with van der Waals surface area (Å²) in [5.41, 5.74) is 3.03. The van der Waals surface area contributed by atoms with E-state index in [1.807, 2.05) is 0 Å². The van der Waals surface area contributed by atoms with Crippen LogP contribution >= 0.6 is 0 Å². The summed E-state index contributed by atoms with van der Waals surface area (Å²) in [7, 11) is 0. The Kier molecular flexibility index (Phi) is 5.15. The number of hydrogen-bond donors (Lipinski definition) is 3. The summed E-state index contributed by atoms with van der Waals surface area (Å²) in [4.78, 5) is 15.9. The molecule has 0 spiro atoms. The zero-order valence-corrected chi connectivity index (χ0v) is 11.2. The van der Waals surface area contributed by atoms with Gasteiger partial charge in [-0.1, -0.05) is 32.1 Å². The number of anilines is 1. The molecule has 5 heteroatoms. The normalized spacial score (nSPS) is 16.1. The lowest BCUT2D eigenvalue weighted by molar-refractivity contribution is 0.0950.